The standard InChI is InChI=1S/C19H27F3N4O5/c20-19(21,22)18(31)25-14(17(29)30)10-24-16(28)13-2-1-9-26(11-13)15(27)4-3-12-5-7-23-8-6-12/h3-4,12-14,23H,1-2,5-11H2,(H,24,28)(H,25,31)(H,29,30)/b4-3+/t13-,14+/m1/s1. The third-order valence-corrected chi connectivity index (χ3v) is 5.34. The van der Waals surface area contributed by atoms with Crippen LogP contribution in [0.4, 0.5) is 13.2 Å². The van der Waals surface area contributed by atoms with E-state index in [-0.39, 0.29) is 12.5 Å². The molecule has 174 valence electrons. The van der Waals surface area contributed by atoms with E-state index in [0.29, 0.717) is 25.3 Å². The summed E-state index contributed by atoms with van der Waals surface area (Å²) in [5, 5.41) is 15.8. The number of amides is 3. The summed E-state index contributed by atoms with van der Waals surface area (Å²) in [6.07, 6.45) is 1.09. The van der Waals surface area contributed by atoms with Crippen LogP contribution in [-0.2, 0) is 19.2 Å². The number of hydrogen-bond donors (Lipinski definition) is 4. The van der Waals surface area contributed by atoms with Crippen molar-refractivity contribution in [2.45, 2.75) is 37.9 Å². The molecule has 2 heterocycles. The predicted molar refractivity (Wildman–Crippen MR) is 103 cm³/mol. The monoisotopic (exact) mass is 448 g/mol. The number of likely N-dealkylation sites (tertiary alicyclic amines) is 1. The van der Waals surface area contributed by atoms with Crippen molar-refractivity contribution in [3.63, 3.8) is 0 Å². The number of carbonyl (C=O) groups is 4. The van der Waals surface area contributed by atoms with Gasteiger partial charge in [0.25, 0.3) is 0 Å². The second-order valence-corrected chi connectivity index (χ2v) is 7.68. The molecule has 2 atom stereocenters. The molecular formula is C19H27F3N4O5. The summed E-state index contributed by atoms with van der Waals surface area (Å²) in [4.78, 5) is 48.4. The average molecular weight is 448 g/mol. The number of aliphatic carboxylic acids is 1. The van der Waals surface area contributed by atoms with Crippen LogP contribution in [0.5, 0.6) is 0 Å². The smallest absolute Gasteiger partial charge is 0.471 e. The molecule has 0 unspecified atom stereocenters. The van der Waals surface area contributed by atoms with Crippen LogP contribution in [0, 0.1) is 11.8 Å². The molecule has 3 amide bonds. The van der Waals surface area contributed by atoms with Gasteiger partial charge >= 0.3 is 18.1 Å². The van der Waals surface area contributed by atoms with Crippen LogP contribution >= 0.6 is 0 Å². The number of alkyl halides is 3. The first-order chi connectivity index (χ1) is 14.6. The lowest BCUT2D eigenvalue weighted by Gasteiger charge is -2.31. The van der Waals surface area contributed by atoms with E-state index in [2.05, 4.69) is 10.6 Å². The molecule has 0 aliphatic carbocycles. The van der Waals surface area contributed by atoms with E-state index < -0.39 is 42.5 Å². The number of nitrogens with one attached hydrogen (secondary N) is 3. The van der Waals surface area contributed by atoms with E-state index in [1.165, 1.54) is 16.3 Å². The van der Waals surface area contributed by atoms with E-state index >= 15 is 0 Å². The van der Waals surface area contributed by atoms with Crippen LogP contribution in [0.1, 0.15) is 25.7 Å². The first-order valence-electron chi connectivity index (χ1n) is 10.1. The van der Waals surface area contributed by atoms with Gasteiger partial charge in [-0.2, -0.15) is 13.2 Å². The third kappa shape index (κ3) is 7.85. The Kier molecular flexibility index (Phi) is 8.84. The summed E-state index contributed by atoms with van der Waals surface area (Å²) in [6.45, 7) is 1.72. The Hall–Kier alpha value is -2.63. The largest absolute Gasteiger partial charge is 0.480 e. The van der Waals surface area contributed by atoms with Crippen molar-refractivity contribution in [3.8, 4) is 0 Å². The number of carboxylic acid groups (broad SMARTS) is 1. The van der Waals surface area contributed by atoms with Crippen LogP contribution in [0.25, 0.3) is 0 Å². The van der Waals surface area contributed by atoms with Gasteiger partial charge in [-0.3, -0.25) is 14.4 Å². The van der Waals surface area contributed by atoms with Gasteiger partial charge in [-0.1, -0.05) is 6.08 Å². The van der Waals surface area contributed by atoms with E-state index in [0.717, 1.165) is 25.9 Å². The molecular weight excluding hydrogens is 421 g/mol. The highest BCUT2D eigenvalue weighted by Crippen LogP contribution is 2.18. The molecule has 31 heavy (non-hydrogen) atoms. The molecule has 0 aromatic rings. The number of carbonyl (C=O) groups excluding carboxylic acids is 3. The summed E-state index contributed by atoms with van der Waals surface area (Å²) in [5.74, 6) is -5.18. The molecule has 0 aromatic carbocycles. The van der Waals surface area contributed by atoms with Gasteiger partial charge in [0.2, 0.25) is 11.8 Å². The molecule has 0 aromatic heterocycles. The number of rotatable bonds is 7. The topological polar surface area (TPSA) is 128 Å². The van der Waals surface area contributed by atoms with Crippen molar-refractivity contribution < 1.29 is 37.5 Å². The van der Waals surface area contributed by atoms with Gasteiger partial charge in [-0.15, -0.1) is 0 Å². The predicted octanol–water partition coefficient (Wildman–Crippen LogP) is 0.0287. The Morgan fingerprint density at radius 2 is 1.84 bits per heavy atom. The summed E-state index contributed by atoms with van der Waals surface area (Å²) in [5.41, 5.74) is 0. The van der Waals surface area contributed by atoms with E-state index in [9.17, 15) is 32.3 Å². The van der Waals surface area contributed by atoms with Crippen molar-refractivity contribution in [2.75, 3.05) is 32.7 Å². The van der Waals surface area contributed by atoms with Crippen molar-refractivity contribution >= 4 is 23.7 Å². The zero-order valence-electron chi connectivity index (χ0n) is 16.9. The third-order valence-electron chi connectivity index (χ3n) is 5.34. The molecule has 2 rings (SSSR count). The highest BCUT2D eigenvalue weighted by Gasteiger charge is 2.41. The summed E-state index contributed by atoms with van der Waals surface area (Å²) >= 11 is 0. The quantitative estimate of drug-likeness (QED) is 0.407. The molecule has 9 nitrogen and oxygen atoms in total. The van der Waals surface area contributed by atoms with Crippen LogP contribution in [0.2, 0.25) is 0 Å². The number of nitrogens with zero attached hydrogens (tertiary/aromatic N) is 1. The molecule has 12 heteroatoms. The van der Waals surface area contributed by atoms with Gasteiger partial charge in [0.1, 0.15) is 6.04 Å². The Morgan fingerprint density at radius 3 is 2.45 bits per heavy atom. The van der Waals surface area contributed by atoms with Gasteiger partial charge in [-0.05, 0) is 50.8 Å². The Bertz CT molecular complexity index is 707. The second kappa shape index (κ2) is 11.1. The van der Waals surface area contributed by atoms with Gasteiger partial charge in [-0.25, -0.2) is 4.79 Å². The molecule has 2 saturated heterocycles. The first kappa shape index (κ1) is 24.6. The fourth-order valence-corrected chi connectivity index (χ4v) is 3.54. The summed E-state index contributed by atoms with van der Waals surface area (Å²) in [6, 6.07) is -1.92. The molecule has 2 fully saturated rings. The Morgan fingerprint density at radius 1 is 1.16 bits per heavy atom. The summed E-state index contributed by atoms with van der Waals surface area (Å²) < 4.78 is 37.0. The van der Waals surface area contributed by atoms with E-state index in [4.69, 9.17) is 5.11 Å². The summed E-state index contributed by atoms with van der Waals surface area (Å²) in [7, 11) is 0. The van der Waals surface area contributed by atoms with Crippen molar-refractivity contribution in [1.29, 1.82) is 0 Å². The number of piperidine rings is 2. The minimum atomic E-state index is -5.23. The minimum Gasteiger partial charge on any atom is -0.480 e. The molecule has 2 aliphatic heterocycles. The molecule has 2 aliphatic rings. The molecule has 4 N–H and O–H groups in total. The lowest BCUT2D eigenvalue weighted by molar-refractivity contribution is -0.175. The van der Waals surface area contributed by atoms with Gasteiger partial charge in [0, 0.05) is 19.6 Å². The molecule has 0 spiro atoms. The molecule has 0 saturated carbocycles. The number of allylic oxidation sites excluding steroid dienone is 1. The van der Waals surface area contributed by atoms with Crippen molar-refractivity contribution in [3.05, 3.63) is 12.2 Å². The van der Waals surface area contributed by atoms with Gasteiger partial charge < -0.3 is 26.0 Å². The fraction of sp³-hybridized carbons (Fsp3) is 0.684. The SMILES string of the molecule is O=C(NC[C@H](NC(=O)C(F)(F)F)C(=O)O)[C@@H]1CCCN(C(=O)/C=C/C2CCNCC2)C1. The minimum absolute atomic E-state index is 0.133. The van der Waals surface area contributed by atoms with Crippen LogP contribution in [0.3, 0.4) is 0 Å². The van der Waals surface area contributed by atoms with Crippen molar-refractivity contribution in [1.82, 2.24) is 20.9 Å². The highest BCUT2D eigenvalue weighted by atomic mass is 19.4. The van der Waals surface area contributed by atoms with E-state index in [1.807, 2.05) is 6.08 Å². The maximum Gasteiger partial charge on any atom is 0.471 e. The number of hydrogen-bond acceptors (Lipinski definition) is 5. The van der Waals surface area contributed by atoms with E-state index in [1.54, 1.807) is 0 Å². The maximum atomic E-state index is 12.4. The molecule has 0 radical (unpaired) electrons. The number of carboxylic acids is 1. The number of halogens is 3. The average Bonchev–Trinajstić information content (AvgIpc) is 2.74. The maximum absolute atomic E-state index is 12.4. The fourth-order valence-electron chi connectivity index (χ4n) is 3.54. The molecule has 0 bridgehead atoms. The highest BCUT2D eigenvalue weighted by molar-refractivity contribution is 5.89. The Labute approximate surface area is 177 Å². The zero-order chi connectivity index (χ0) is 23.0. The van der Waals surface area contributed by atoms with Gasteiger partial charge in [0.15, 0.2) is 0 Å². The lowest BCUT2D eigenvalue weighted by atomic mass is 9.96. The normalized spacial score (nSPS) is 21.5. The second-order valence-electron chi connectivity index (χ2n) is 7.68. The zero-order valence-corrected chi connectivity index (χ0v) is 16.9. The van der Waals surface area contributed by atoms with Crippen molar-refractivity contribution in [2.24, 2.45) is 11.8 Å². The van der Waals surface area contributed by atoms with Crippen LogP contribution < -0.4 is 16.0 Å². The van der Waals surface area contributed by atoms with Crippen LogP contribution in [0.15, 0.2) is 12.2 Å². The first-order valence-corrected chi connectivity index (χ1v) is 10.1. The lowest BCUT2D eigenvalue weighted by Crippen LogP contribution is -2.53. The Balaban J connectivity index is 1.85. The van der Waals surface area contributed by atoms with Crippen LogP contribution in [-0.4, -0.2) is 78.6 Å². The van der Waals surface area contributed by atoms with Gasteiger partial charge in [0.05, 0.1) is 5.92 Å².